The summed E-state index contributed by atoms with van der Waals surface area (Å²) in [7, 11) is 4.24. The number of aromatic amines is 1. The van der Waals surface area contributed by atoms with Crippen LogP contribution in [0.3, 0.4) is 0 Å². The number of benzene rings is 1. The van der Waals surface area contributed by atoms with Crippen molar-refractivity contribution in [3.63, 3.8) is 0 Å². The molecule has 1 aliphatic heterocycles. The van der Waals surface area contributed by atoms with E-state index in [1.165, 1.54) is 6.07 Å². The van der Waals surface area contributed by atoms with Crippen LogP contribution in [0.1, 0.15) is 52.9 Å². The van der Waals surface area contributed by atoms with Gasteiger partial charge in [0.25, 0.3) is 11.5 Å². The Kier molecular flexibility index (Phi) is 7.45. The van der Waals surface area contributed by atoms with Gasteiger partial charge in [-0.3, -0.25) is 9.59 Å². The number of H-pyrrole nitrogens is 1. The van der Waals surface area contributed by atoms with E-state index in [0.717, 1.165) is 36.9 Å². The lowest BCUT2D eigenvalue weighted by Gasteiger charge is -2.38. The maximum atomic E-state index is 12.9. The zero-order chi connectivity index (χ0) is 24.6. The van der Waals surface area contributed by atoms with Crippen LogP contribution in [-0.2, 0) is 6.54 Å². The van der Waals surface area contributed by atoms with Gasteiger partial charge in [0.15, 0.2) is 11.5 Å². The van der Waals surface area contributed by atoms with Crippen LogP contribution in [0.25, 0.3) is 0 Å². The number of hydrogen-bond donors (Lipinski definition) is 2. The Hall–Kier alpha value is -2.22. The molecule has 34 heavy (non-hydrogen) atoms. The Morgan fingerprint density at radius 3 is 2.50 bits per heavy atom. The standard InChI is InChI=1S/C25H31Cl2N3O4/c1-13-9-14(2)29-25(32)18(13)11-28-24(31)17-10-19(26)22-23(21(17)27)33-12-20(34-22)15-5-7-16(8-6-15)30(3)4/h9-10,15-16,20H,5-8,11-12H2,1-4H3,(H,28,31)(H,29,32)/t15?,16?,20-/m0/s1. The quantitative estimate of drug-likeness (QED) is 0.622. The normalized spacial score (nSPS) is 22.0. The summed E-state index contributed by atoms with van der Waals surface area (Å²) in [6.07, 6.45) is 4.29. The van der Waals surface area contributed by atoms with Gasteiger partial charge in [-0.2, -0.15) is 0 Å². The van der Waals surface area contributed by atoms with Crippen LogP contribution in [0.2, 0.25) is 10.0 Å². The number of aryl methyl sites for hydroxylation is 2. The number of hydrogen-bond acceptors (Lipinski definition) is 5. The highest BCUT2D eigenvalue weighted by atomic mass is 35.5. The van der Waals surface area contributed by atoms with Gasteiger partial charge < -0.3 is 24.7 Å². The topological polar surface area (TPSA) is 83.7 Å². The SMILES string of the molecule is Cc1cc(C)c(CNC(=O)c2cc(Cl)c3c(c2Cl)OC[C@@H](C2CCC(N(C)C)CC2)O3)c(=O)[nH]1. The molecule has 4 rings (SSSR count). The molecular formula is C25H31Cl2N3O4. The van der Waals surface area contributed by atoms with Gasteiger partial charge in [-0.25, -0.2) is 0 Å². The fourth-order valence-corrected chi connectivity index (χ4v) is 5.45. The second kappa shape index (κ2) is 10.2. The van der Waals surface area contributed by atoms with E-state index in [4.69, 9.17) is 32.7 Å². The molecule has 1 atom stereocenters. The first kappa shape index (κ1) is 24.9. The number of aromatic nitrogens is 1. The van der Waals surface area contributed by atoms with Crippen molar-refractivity contribution in [2.45, 2.75) is 58.2 Å². The van der Waals surface area contributed by atoms with Crippen molar-refractivity contribution in [2.24, 2.45) is 5.92 Å². The monoisotopic (exact) mass is 507 g/mol. The molecule has 184 valence electrons. The summed E-state index contributed by atoms with van der Waals surface area (Å²) in [6.45, 7) is 4.08. The molecule has 2 N–H and O–H groups in total. The van der Waals surface area contributed by atoms with Crippen LogP contribution in [0.15, 0.2) is 16.9 Å². The second-order valence-corrected chi connectivity index (χ2v) is 10.3. The van der Waals surface area contributed by atoms with Crippen molar-refractivity contribution < 1.29 is 14.3 Å². The molecular weight excluding hydrogens is 477 g/mol. The third-order valence-corrected chi connectivity index (χ3v) is 7.61. The smallest absolute Gasteiger partial charge is 0.253 e. The summed E-state index contributed by atoms with van der Waals surface area (Å²) in [5.41, 5.74) is 2.02. The van der Waals surface area contributed by atoms with Gasteiger partial charge in [-0.05, 0) is 77.2 Å². The van der Waals surface area contributed by atoms with Gasteiger partial charge in [0, 0.05) is 23.8 Å². The van der Waals surface area contributed by atoms with Crippen LogP contribution in [0.4, 0.5) is 0 Å². The zero-order valence-corrected chi connectivity index (χ0v) is 21.5. The van der Waals surface area contributed by atoms with Crippen molar-refractivity contribution in [3.8, 4) is 11.5 Å². The van der Waals surface area contributed by atoms with Gasteiger partial charge in [0.2, 0.25) is 0 Å². The number of carbonyl (C=O) groups excluding carboxylic acids is 1. The summed E-state index contributed by atoms with van der Waals surface area (Å²) >= 11 is 13.1. The number of pyridine rings is 1. The minimum absolute atomic E-state index is 0.0698. The number of rotatable bonds is 5. The Labute approximate surface area is 209 Å². The molecule has 0 saturated heterocycles. The van der Waals surface area contributed by atoms with Crippen molar-refractivity contribution >= 4 is 29.1 Å². The highest BCUT2D eigenvalue weighted by molar-refractivity contribution is 6.38. The van der Waals surface area contributed by atoms with E-state index >= 15 is 0 Å². The molecule has 1 aliphatic carbocycles. The first-order chi connectivity index (χ1) is 16.2. The van der Waals surface area contributed by atoms with Gasteiger partial charge in [0.1, 0.15) is 12.7 Å². The Balaban J connectivity index is 1.47. The molecule has 1 amide bonds. The highest BCUT2D eigenvalue weighted by Crippen LogP contribution is 2.47. The molecule has 0 radical (unpaired) electrons. The fourth-order valence-electron chi connectivity index (χ4n) is 4.93. The first-order valence-corrected chi connectivity index (χ1v) is 12.4. The van der Waals surface area contributed by atoms with Crippen molar-refractivity contribution in [3.05, 3.63) is 54.9 Å². The lowest BCUT2D eigenvalue weighted by atomic mass is 9.82. The Morgan fingerprint density at radius 2 is 1.85 bits per heavy atom. The second-order valence-electron chi connectivity index (χ2n) is 9.50. The van der Waals surface area contributed by atoms with E-state index in [2.05, 4.69) is 29.3 Å². The van der Waals surface area contributed by atoms with Gasteiger partial charge in [0.05, 0.1) is 15.6 Å². The van der Waals surface area contributed by atoms with Crippen molar-refractivity contribution in [1.29, 1.82) is 0 Å². The number of carbonyl (C=O) groups is 1. The number of ether oxygens (including phenoxy) is 2. The molecule has 2 aromatic rings. The average molecular weight is 508 g/mol. The Bertz CT molecular complexity index is 1140. The summed E-state index contributed by atoms with van der Waals surface area (Å²) in [5.74, 6) is 0.627. The minimum Gasteiger partial charge on any atom is -0.484 e. The summed E-state index contributed by atoms with van der Waals surface area (Å²) < 4.78 is 12.2. The van der Waals surface area contributed by atoms with Crippen LogP contribution >= 0.6 is 23.2 Å². The van der Waals surface area contributed by atoms with Crippen LogP contribution in [0.5, 0.6) is 11.5 Å². The highest BCUT2D eigenvalue weighted by Gasteiger charge is 2.35. The molecule has 7 nitrogen and oxygen atoms in total. The minimum atomic E-state index is -0.443. The van der Waals surface area contributed by atoms with E-state index in [1.54, 1.807) is 0 Å². The van der Waals surface area contributed by atoms with E-state index in [-0.39, 0.29) is 33.8 Å². The summed E-state index contributed by atoms with van der Waals surface area (Å²) in [5, 5.41) is 3.19. The molecule has 0 bridgehead atoms. The molecule has 1 aromatic carbocycles. The molecule has 1 fully saturated rings. The molecule has 1 aromatic heterocycles. The third-order valence-electron chi connectivity index (χ3n) is 6.95. The lowest BCUT2D eigenvalue weighted by Crippen LogP contribution is -2.41. The van der Waals surface area contributed by atoms with Gasteiger partial charge in [-0.1, -0.05) is 23.2 Å². The van der Waals surface area contributed by atoms with Gasteiger partial charge >= 0.3 is 0 Å². The summed E-state index contributed by atoms with van der Waals surface area (Å²) in [4.78, 5) is 30.2. The number of nitrogens with zero attached hydrogens (tertiary/aromatic N) is 1. The van der Waals surface area contributed by atoms with E-state index in [1.807, 2.05) is 19.9 Å². The van der Waals surface area contributed by atoms with E-state index < -0.39 is 5.91 Å². The molecule has 0 unspecified atom stereocenters. The molecule has 1 saturated carbocycles. The molecule has 2 aliphatic rings. The molecule has 0 spiro atoms. The zero-order valence-electron chi connectivity index (χ0n) is 20.0. The van der Waals surface area contributed by atoms with E-state index in [9.17, 15) is 9.59 Å². The average Bonchev–Trinajstić information content (AvgIpc) is 2.80. The number of nitrogens with one attached hydrogen (secondary N) is 2. The van der Waals surface area contributed by atoms with Crippen LogP contribution < -0.4 is 20.3 Å². The van der Waals surface area contributed by atoms with Gasteiger partial charge in [-0.15, -0.1) is 0 Å². The predicted molar refractivity (Wildman–Crippen MR) is 134 cm³/mol. The predicted octanol–water partition coefficient (Wildman–Crippen LogP) is 4.49. The third kappa shape index (κ3) is 5.07. The van der Waals surface area contributed by atoms with Crippen LogP contribution in [0, 0.1) is 19.8 Å². The number of amides is 1. The largest absolute Gasteiger partial charge is 0.484 e. The van der Waals surface area contributed by atoms with Crippen molar-refractivity contribution in [1.82, 2.24) is 15.2 Å². The summed E-state index contributed by atoms with van der Waals surface area (Å²) in [6, 6.07) is 3.96. The van der Waals surface area contributed by atoms with E-state index in [0.29, 0.717) is 35.6 Å². The maximum absolute atomic E-state index is 12.9. The molecule has 2 heterocycles. The Morgan fingerprint density at radius 1 is 1.15 bits per heavy atom. The number of halogens is 2. The van der Waals surface area contributed by atoms with Crippen molar-refractivity contribution in [2.75, 3.05) is 20.7 Å². The molecule has 9 heteroatoms. The van der Waals surface area contributed by atoms with Crippen LogP contribution in [-0.4, -0.2) is 48.6 Å². The fraction of sp³-hybridized carbons (Fsp3) is 0.520. The lowest BCUT2D eigenvalue weighted by molar-refractivity contribution is 0.0246. The number of fused-ring (bicyclic) bond motifs is 1. The maximum Gasteiger partial charge on any atom is 0.253 e. The first-order valence-electron chi connectivity index (χ1n) is 11.6.